The van der Waals surface area contributed by atoms with Gasteiger partial charge in [-0.15, -0.1) is 0 Å². The molecule has 0 aliphatic carbocycles. The average molecular weight is 359 g/mol. The second kappa shape index (κ2) is 6.97. The summed E-state index contributed by atoms with van der Waals surface area (Å²) in [6.07, 6.45) is 0. The lowest BCUT2D eigenvalue weighted by Gasteiger charge is -2.16. The first kappa shape index (κ1) is 17.2. The van der Waals surface area contributed by atoms with Crippen molar-refractivity contribution in [2.24, 2.45) is 0 Å². The Balaban J connectivity index is 2.21. The maximum atomic E-state index is 12.2. The molecule has 122 valence electrons. The van der Waals surface area contributed by atoms with Crippen molar-refractivity contribution in [2.75, 3.05) is 13.2 Å². The Labute approximate surface area is 141 Å². The van der Waals surface area contributed by atoms with Gasteiger partial charge in [-0.3, -0.25) is 19.3 Å². The van der Waals surface area contributed by atoms with E-state index in [4.69, 9.17) is 23.2 Å². The molecule has 1 aliphatic heterocycles. The Bertz CT molecular complexity index is 671. The topological polar surface area (TPSA) is 84.0 Å². The van der Waals surface area contributed by atoms with Crippen molar-refractivity contribution in [2.45, 2.75) is 13.5 Å². The van der Waals surface area contributed by atoms with Crippen molar-refractivity contribution in [1.29, 1.82) is 0 Å². The lowest BCUT2D eigenvalue weighted by molar-refractivity contribution is -0.148. The molecule has 1 heterocycles. The van der Waals surface area contributed by atoms with Crippen LogP contribution >= 0.6 is 23.2 Å². The number of rotatable bonds is 5. The number of hydrogen-bond donors (Lipinski definition) is 0. The molecule has 23 heavy (non-hydrogen) atoms. The van der Waals surface area contributed by atoms with E-state index in [0.717, 1.165) is 0 Å². The van der Waals surface area contributed by atoms with E-state index in [1.54, 1.807) is 25.1 Å². The van der Waals surface area contributed by atoms with E-state index in [0.29, 0.717) is 15.4 Å². The van der Waals surface area contributed by atoms with Gasteiger partial charge in [0.15, 0.2) is 0 Å². The molecule has 0 N–H and O–H groups in total. The maximum absolute atomic E-state index is 12.2. The van der Waals surface area contributed by atoms with Crippen LogP contribution < -0.4 is 0 Å². The normalized spacial score (nSPS) is 14.7. The molecule has 7 nitrogen and oxygen atoms in total. The maximum Gasteiger partial charge on any atom is 0.335 e. The Hall–Kier alpha value is -2.12. The lowest BCUT2D eigenvalue weighted by Crippen LogP contribution is -2.37. The fourth-order valence-electron chi connectivity index (χ4n) is 2.01. The first-order valence-corrected chi connectivity index (χ1v) is 7.38. The number of benzene rings is 1. The van der Waals surface area contributed by atoms with Crippen LogP contribution in [0.1, 0.15) is 12.5 Å². The molecular weight excluding hydrogens is 347 g/mol. The first-order valence-electron chi connectivity index (χ1n) is 6.62. The van der Waals surface area contributed by atoms with Crippen LogP contribution in [0.25, 0.3) is 0 Å². The average Bonchev–Trinajstić information content (AvgIpc) is 2.68. The molecule has 0 bridgehead atoms. The molecule has 0 saturated carbocycles. The largest absolute Gasteiger partial charge is 0.465 e. The second-order valence-electron chi connectivity index (χ2n) is 4.57. The predicted octanol–water partition coefficient (Wildman–Crippen LogP) is 1.85. The summed E-state index contributed by atoms with van der Waals surface area (Å²) in [7, 11) is 0. The van der Waals surface area contributed by atoms with E-state index in [2.05, 4.69) is 4.74 Å². The van der Waals surface area contributed by atoms with Crippen LogP contribution in [0, 0.1) is 0 Å². The van der Waals surface area contributed by atoms with Gasteiger partial charge in [0.05, 0.1) is 13.2 Å². The number of carbonyl (C=O) groups excluding carboxylic acids is 4. The van der Waals surface area contributed by atoms with Gasteiger partial charge in [-0.25, -0.2) is 9.69 Å². The highest BCUT2D eigenvalue weighted by atomic mass is 35.5. The summed E-state index contributed by atoms with van der Waals surface area (Å²) in [5, 5.41) is 0.517. The zero-order valence-electron chi connectivity index (χ0n) is 12.0. The fraction of sp³-hybridized carbons (Fsp3) is 0.286. The lowest BCUT2D eigenvalue weighted by atomic mass is 10.2. The van der Waals surface area contributed by atoms with E-state index in [1.165, 1.54) is 0 Å². The molecule has 0 radical (unpaired) electrons. The summed E-state index contributed by atoms with van der Waals surface area (Å²) in [5.41, 5.74) is 0.336. The van der Waals surface area contributed by atoms with Crippen LogP contribution in [0.2, 0.25) is 10.0 Å². The van der Waals surface area contributed by atoms with Crippen molar-refractivity contribution >= 4 is 47.0 Å². The molecule has 1 aliphatic rings. The monoisotopic (exact) mass is 358 g/mol. The number of imide groups is 2. The number of nitrogens with zero attached hydrogens (tertiary/aromatic N) is 2. The Morgan fingerprint density at radius 3 is 2.22 bits per heavy atom. The SMILES string of the molecule is CCOC(=O)CN1C(=O)C(=O)N(Cc2c(Cl)cccc2Cl)C1=O. The Morgan fingerprint density at radius 1 is 1.09 bits per heavy atom. The molecule has 0 atom stereocenters. The van der Waals surface area contributed by atoms with Gasteiger partial charge in [0.25, 0.3) is 0 Å². The van der Waals surface area contributed by atoms with E-state index in [1.807, 2.05) is 0 Å². The van der Waals surface area contributed by atoms with Crippen LogP contribution in [0.3, 0.4) is 0 Å². The van der Waals surface area contributed by atoms with Gasteiger partial charge < -0.3 is 4.74 Å². The number of amides is 4. The van der Waals surface area contributed by atoms with Gasteiger partial charge in [0.1, 0.15) is 6.54 Å². The van der Waals surface area contributed by atoms with Crippen molar-refractivity contribution in [3.63, 3.8) is 0 Å². The van der Waals surface area contributed by atoms with Gasteiger partial charge in [-0.05, 0) is 19.1 Å². The predicted molar refractivity (Wildman–Crippen MR) is 80.8 cm³/mol. The highest BCUT2D eigenvalue weighted by Crippen LogP contribution is 2.27. The third-order valence-corrected chi connectivity index (χ3v) is 3.81. The van der Waals surface area contributed by atoms with Crippen molar-refractivity contribution in [3.8, 4) is 0 Å². The van der Waals surface area contributed by atoms with Crippen molar-refractivity contribution < 1.29 is 23.9 Å². The number of esters is 1. The van der Waals surface area contributed by atoms with Crippen molar-refractivity contribution in [3.05, 3.63) is 33.8 Å². The summed E-state index contributed by atoms with van der Waals surface area (Å²) >= 11 is 12.0. The van der Waals surface area contributed by atoms with Gasteiger partial charge >= 0.3 is 23.8 Å². The molecule has 2 rings (SSSR count). The molecule has 9 heteroatoms. The highest BCUT2D eigenvalue weighted by Gasteiger charge is 2.45. The van der Waals surface area contributed by atoms with E-state index >= 15 is 0 Å². The minimum absolute atomic E-state index is 0.0992. The standard InChI is InChI=1S/C14H12Cl2N2O5/c1-2-23-11(19)7-18-13(21)12(20)17(14(18)22)6-8-9(15)4-3-5-10(8)16/h3-5H,2,6-7H2,1H3. The zero-order chi connectivity index (χ0) is 17.1. The summed E-state index contributed by atoms with van der Waals surface area (Å²) < 4.78 is 4.67. The summed E-state index contributed by atoms with van der Waals surface area (Å²) in [6, 6.07) is 3.79. The zero-order valence-corrected chi connectivity index (χ0v) is 13.6. The minimum Gasteiger partial charge on any atom is -0.465 e. The van der Waals surface area contributed by atoms with Gasteiger partial charge in [0.2, 0.25) is 0 Å². The van der Waals surface area contributed by atoms with E-state index in [9.17, 15) is 19.2 Å². The molecule has 4 amide bonds. The number of ether oxygens (including phenoxy) is 1. The summed E-state index contributed by atoms with van der Waals surface area (Å²) in [4.78, 5) is 48.7. The van der Waals surface area contributed by atoms with Crippen molar-refractivity contribution in [1.82, 2.24) is 9.80 Å². The van der Waals surface area contributed by atoms with Crippen LogP contribution in [-0.4, -0.2) is 46.8 Å². The second-order valence-corrected chi connectivity index (χ2v) is 5.38. The first-order chi connectivity index (χ1) is 10.9. The molecular formula is C14H12Cl2N2O5. The molecule has 1 aromatic carbocycles. The van der Waals surface area contributed by atoms with Crippen LogP contribution in [0.5, 0.6) is 0 Å². The van der Waals surface area contributed by atoms with Crippen LogP contribution in [0.4, 0.5) is 4.79 Å². The Kier molecular flexibility index (Phi) is 5.23. The molecule has 0 spiro atoms. The summed E-state index contributed by atoms with van der Waals surface area (Å²) in [5.74, 6) is -2.92. The number of carbonyl (C=O) groups is 4. The third-order valence-electron chi connectivity index (χ3n) is 3.11. The van der Waals surface area contributed by atoms with Gasteiger partial charge in [-0.1, -0.05) is 29.3 Å². The molecule has 1 fully saturated rings. The van der Waals surface area contributed by atoms with Gasteiger partial charge in [0, 0.05) is 15.6 Å². The van der Waals surface area contributed by atoms with E-state index in [-0.39, 0.29) is 23.2 Å². The van der Waals surface area contributed by atoms with E-state index < -0.39 is 30.4 Å². The van der Waals surface area contributed by atoms with Gasteiger partial charge in [-0.2, -0.15) is 0 Å². The quantitative estimate of drug-likeness (QED) is 0.455. The summed E-state index contributed by atoms with van der Waals surface area (Å²) in [6.45, 7) is 0.801. The molecule has 1 aromatic rings. The Morgan fingerprint density at radius 2 is 1.65 bits per heavy atom. The smallest absolute Gasteiger partial charge is 0.335 e. The highest BCUT2D eigenvalue weighted by molar-refractivity contribution is 6.45. The minimum atomic E-state index is -1.09. The molecule has 0 unspecified atom stereocenters. The van der Waals surface area contributed by atoms with Crippen LogP contribution in [0.15, 0.2) is 18.2 Å². The molecule has 1 saturated heterocycles. The fourth-order valence-corrected chi connectivity index (χ4v) is 2.52. The number of urea groups is 1. The number of hydrogen-bond acceptors (Lipinski definition) is 5. The van der Waals surface area contributed by atoms with Crippen LogP contribution in [-0.2, 0) is 25.7 Å². The molecule has 0 aromatic heterocycles. The number of halogens is 2. The third kappa shape index (κ3) is 3.46.